The van der Waals surface area contributed by atoms with E-state index in [2.05, 4.69) is 41.9 Å². The Labute approximate surface area is 91.9 Å². The zero-order valence-electron chi connectivity index (χ0n) is 9.95. The van der Waals surface area contributed by atoms with Crippen molar-refractivity contribution in [3.63, 3.8) is 0 Å². The molecule has 1 aliphatic rings. The van der Waals surface area contributed by atoms with E-state index in [0.29, 0.717) is 6.04 Å². The van der Waals surface area contributed by atoms with Gasteiger partial charge in [0.05, 0.1) is 11.4 Å². The molecule has 0 aromatic carbocycles. The summed E-state index contributed by atoms with van der Waals surface area (Å²) in [6.45, 7) is 8.40. The number of aryl methyl sites for hydroxylation is 2. The van der Waals surface area contributed by atoms with E-state index in [-0.39, 0.29) is 0 Å². The van der Waals surface area contributed by atoms with Gasteiger partial charge in [-0.25, -0.2) is 0 Å². The average molecular weight is 207 g/mol. The maximum absolute atomic E-state index is 4.44. The molecule has 1 aliphatic carbocycles. The standard InChI is InChI=1S/C12H21N3/c1-4-15-12(7-9(2)14-15)8-13-10(3)11-5-6-11/h7,10-11,13H,4-6,8H2,1-3H3. The van der Waals surface area contributed by atoms with Crippen LogP contribution >= 0.6 is 0 Å². The van der Waals surface area contributed by atoms with Gasteiger partial charge in [0.25, 0.3) is 0 Å². The number of hydrogen-bond donors (Lipinski definition) is 1. The van der Waals surface area contributed by atoms with E-state index in [9.17, 15) is 0 Å². The highest BCUT2D eigenvalue weighted by Crippen LogP contribution is 2.32. The SMILES string of the molecule is CCn1nc(C)cc1CNC(C)C1CC1. The first-order chi connectivity index (χ1) is 7.20. The molecule has 15 heavy (non-hydrogen) atoms. The quantitative estimate of drug-likeness (QED) is 0.801. The highest BCUT2D eigenvalue weighted by Gasteiger charge is 2.27. The molecule has 1 N–H and O–H groups in total. The van der Waals surface area contributed by atoms with Crippen LogP contribution in [0.2, 0.25) is 0 Å². The third-order valence-electron chi connectivity index (χ3n) is 3.22. The highest BCUT2D eigenvalue weighted by atomic mass is 15.3. The van der Waals surface area contributed by atoms with Gasteiger partial charge >= 0.3 is 0 Å². The molecule has 84 valence electrons. The predicted molar refractivity (Wildman–Crippen MR) is 61.7 cm³/mol. The molecule has 1 fully saturated rings. The van der Waals surface area contributed by atoms with E-state index in [1.807, 2.05) is 0 Å². The van der Waals surface area contributed by atoms with E-state index in [4.69, 9.17) is 0 Å². The van der Waals surface area contributed by atoms with Crippen molar-refractivity contribution >= 4 is 0 Å². The first-order valence-corrected chi connectivity index (χ1v) is 5.97. The zero-order valence-corrected chi connectivity index (χ0v) is 9.95. The number of nitrogens with zero attached hydrogens (tertiary/aromatic N) is 2. The summed E-state index contributed by atoms with van der Waals surface area (Å²) in [7, 11) is 0. The van der Waals surface area contributed by atoms with Gasteiger partial charge in [0, 0.05) is 19.1 Å². The van der Waals surface area contributed by atoms with Gasteiger partial charge in [0.2, 0.25) is 0 Å². The normalized spacial score (nSPS) is 18.1. The van der Waals surface area contributed by atoms with E-state index in [1.165, 1.54) is 18.5 Å². The second-order valence-electron chi connectivity index (χ2n) is 4.60. The molecule has 0 saturated heterocycles. The molecule has 1 atom stereocenters. The maximum Gasteiger partial charge on any atom is 0.0597 e. The Morgan fingerprint density at radius 3 is 2.93 bits per heavy atom. The van der Waals surface area contributed by atoms with Crippen molar-refractivity contribution in [3.8, 4) is 0 Å². The molecule has 1 heterocycles. The maximum atomic E-state index is 4.44. The van der Waals surface area contributed by atoms with E-state index < -0.39 is 0 Å². The second-order valence-corrected chi connectivity index (χ2v) is 4.60. The molecule has 2 rings (SSSR count). The van der Waals surface area contributed by atoms with Crippen molar-refractivity contribution in [2.45, 2.75) is 52.7 Å². The lowest BCUT2D eigenvalue weighted by molar-refractivity contribution is 0.477. The fourth-order valence-corrected chi connectivity index (χ4v) is 2.04. The lowest BCUT2D eigenvalue weighted by Crippen LogP contribution is -2.28. The van der Waals surface area contributed by atoms with Gasteiger partial charge in [0.15, 0.2) is 0 Å². The second kappa shape index (κ2) is 4.35. The predicted octanol–water partition coefficient (Wildman–Crippen LogP) is 2.10. The van der Waals surface area contributed by atoms with Crippen LogP contribution in [0.1, 0.15) is 38.1 Å². The molecular formula is C12H21N3. The van der Waals surface area contributed by atoms with Crippen molar-refractivity contribution in [1.82, 2.24) is 15.1 Å². The summed E-state index contributed by atoms with van der Waals surface area (Å²) < 4.78 is 2.09. The van der Waals surface area contributed by atoms with Crippen molar-refractivity contribution in [2.24, 2.45) is 5.92 Å². The summed E-state index contributed by atoms with van der Waals surface area (Å²) in [6.07, 6.45) is 2.81. The summed E-state index contributed by atoms with van der Waals surface area (Å²) in [4.78, 5) is 0. The molecule has 0 aliphatic heterocycles. The van der Waals surface area contributed by atoms with Crippen LogP contribution in [0.4, 0.5) is 0 Å². The molecule has 3 nitrogen and oxygen atoms in total. The van der Waals surface area contributed by atoms with Gasteiger partial charge in [-0.1, -0.05) is 0 Å². The third-order valence-corrected chi connectivity index (χ3v) is 3.22. The summed E-state index contributed by atoms with van der Waals surface area (Å²) >= 11 is 0. The smallest absolute Gasteiger partial charge is 0.0597 e. The van der Waals surface area contributed by atoms with Gasteiger partial charge in [0.1, 0.15) is 0 Å². The van der Waals surface area contributed by atoms with Gasteiger partial charge in [-0.05, 0) is 45.6 Å². The molecule has 0 radical (unpaired) electrons. The number of hydrogen-bond acceptors (Lipinski definition) is 2. The molecule has 3 heteroatoms. The lowest BCUT2D eigenvalue weighted by Gasteiger charge is -2.12. The summed E-state index contributed by atoms with van der Waals surface area (Å²) in [6, 6.07) is 2.83. The van der Waals surface area contributed by atoms with Crippen LogP contribution in [0, 0.1) is 12.8 Å². The van der Waals surface area contributed by atoms with Crippen molar-refractivity contribution in [1.29, 1.82) is 0 Å². The molecule has 1 aromatic heterocycles. The Morgan fingerprint density at radius 1 is 1.60 bits per heavy atom. The first kappa shape index (κ1) is 10.7. The number of aromatic nitrogens is 2. The van der Waals surface area contributed by atoms with Crippen LogP contribution in [0.25, 0.3) is 0 Å². The molecule has 0 spiro atoms. The minimum absolute atomic E-state index is 0.658. The largest absolute Gasteiger partial charge is 0.308 e. The fraction of sp³-hybridized carbons (Fsp3) is 0.750. The van der Waals surface area contributed by atoms with Crippen molar-refractivity contribution < 1.29 is 0 Å². The van der Waals surface area contributed by atoms with Crippen LogP contribution in [-0.2, 0) is 13.1 Å². The van der Waals surface area contributed by atoms with Gasteiger partial charge in [-0.15, -0.1) is 0 Å². The molecule has 1 aromatic rings. The van der Waals surface area contributed by atoms with E-state index in [1.54, 1.807) is 0 Å². The van der Waals surface area contributed by atoms with E-state index >= 15 is 0 Å². The Kier molecular flexibility index (Phi) is 3.10. The summed E-state index contributed by atoms with van der Waals surface area (Å²) in [5.74, 6) is 0.920. The first-order valence-electron chi connectivity index (χ1n) is 5.97. The Balaban J connectivity index is 1.91. The topological polar surface area (TPSA) is 29.9 Å². The van der Waals surface area contributed by atoms with Gasteiger partial charge in [-0.3, -0.25) is 4.68 Å². The van der Waals surface area contributed by atoms with Gasteiger partial charge < -0.3 is 5.32 Å². The number of nitrogens with one attached hydrogen (secondary N) is 1. The highest BCUT2D eigenvalue weighted by molar-refractivity contribution is 5.09. The minimum Gasteiger partial charge on any atom is -0.308 e. The molecule has 0 bridgehead atoms. The summed E-state index contributed by atoms with van der Waals surface area (Å²) in [5, 5.41) is 8.03. The third kappa shape index (κ3) is 2.59. The van der Waals surface area contributed by atoms with Crippen molar-refractivity contribution in [2.75, 3.05) is 0 Å². The monoisotopic (exact) mass is 207 g/mol. The van der Waals surface area contributed by atoms with Crippen LogP contribution in [0.5, 0.6) is 0 Å². The van der Waals surface area contributed by atoms with Gasteiger partial charge in [-0.2, -0.15) is 5.10 Å². The molecule has 1 saturated carbocycles. The van der Waals surface area contributed by atoms with Crippen LogP contribution in [0.3, 0.4) is 0 Å². The minimum atomic E-state index is 0.658. The fourth-order valence-electron chi connectivity index (χ4n) is 2.04. The molecule has 0 amide bonds. The Bertz CT molecular complexity index is 326. The average Bonchev–Trinajstić information content (AvgIpc) is 2.99. The van der Waals surface area contributed by atoms with E-state index in [0.717, 1.165) is 24.7 Å². The lowest BCUT2D eigenvalue weighted by atomic mass is 10.2. The van der Waals surface area contributed by atoms with Crippen LogP contribution in [-0.4, -0.2) is 15.8 Å². The van der Waals surface area contributed by atoms with Crippen LogP contribution in [0.15, 0.2) is 6.07 Å². The molecule has 1 unspecified atom stereocenters. The Hall–Kier alpha value is -0.830. The van der Waals surface area contributed by atoms with Crippen molar-refractivity contribution in [3.05, 3.63) is 17.5 Å². The zero-order chi connectivity index (χ0) is 10.8. The summed E-state index contributed by atoms with van der Waals surface area (Å²) in [5.41, 5.74) is 2.43. The Morgan fingerprint density at radius 2 is 2.33 bits per heavy atom. The number of rotatable bonds is 5. The molecular weight excluding hydrogens is 186 g/mol. The van der Waals surface area contributed by atoms with Crippen LogP contribution < -0.4 is 5.32 Å².